The summed E-state index contributed by atoms with van der Waals surface area (Å²) in [5, 5.41) is 0. The van der Waals surface area contributed by atoms with Gasteiger partial charge in [0, 0.05) is 22.6 Å². The number of aryl methyl sites for hydroxylation is 1. The fraction of sp³-hybridized carbons (Fsp3) is 0.333. The Balaban J connectivity index is 1.81. The topological polar surface area (TPSA) is 26.0 Å². The highest BCUT2D eigenvalue weighted by atomic mass is 32.2. The summed E-state index contributed by atoms with van der Waals surface area (Å²) in [4.78, 5) is 1.40. The first kappa shape index (κ1) is 13.7. The summed E-state index contributed by atoms with van der Waals surface area (Å²) < 4.78 is 0. The van der Waals surface area contributed by atoms with Crippen LogP contribution >= 0.6 is 11.8 Å². The quantitative estimate of drug-likeness (QED) is 0.892. The number of fused-ring (bicyclic) bond motifs is 1. The average molecular weight is 283 g/mol. The molecule has 0 radical (unpaired) electrons. The zero-order valence-corrected chi connectivity index (χ0v) is 12.7. The van der Waals surface area contributed by atoms with Crippen molar-refractivity contribution < 1.29 is 0 Å². The van der Waals surface area contributed by atoms with Gasteiger partial charge < -0.3 is 5.73 Å². The van der Waals surface area contributed by atoms with Gasteiger partial charge in [-0.15, -0.1) is 11.8 Å². The maximum Gasteiger partial charge on any atom is 0.0373 e. The van der Waals surface area contributed by atoms with Crippen LogP contribution in [0.5, 0.6) is 0 Å². The molecule has 0 aromatic heterocycles. The highest BCUT2D eigenvalue weighted by Gasteiger charge is 2.28. The van der Waals surface area contributed by atoms with Gasteiger partial charge in [0.25, 0.3) is 0 Å². The molecule has 2 unspecified atom stereocenters. The minimum Gasteiger partial charge on any atom is -0.323 e. The van der Waals surface area contributed by atoms with Crippen LogP contribution in [0.4, 0.5) is 0 Å². The monoisotopic (exact) mass is 283 g/mol. The molecule has 1 aliphatic heterocycles. The Morgan fingerprint density at radius 1 is 1.15 bits per heavy atom. The summed E-state index contributed by atoms with van der Waals surface area (Å²) in [5.74, 6) is 1.53. The van der Waals surface area contributed by atoms with Crippen molar-refractivity contribution in [2.75, 3.05) is 5.75 Å². The Hall–Kier alpha value is -1.25. The fourth-order valence-electron chi connectivity index (χ4n) is 2.91. The molecular weight excluding hydrogens is 262 g/mol. The predicted octanol–water partition coefficient (Wildman–Crippen LogP) is 4.53. The van der Waals surface area contributed by atoms with Gasteiger partial charge in [-0.1, -0.05) is 55.8 Å². The van der Waals surface area contributed by atoms with E-state index in [4.69, 9.17) is 5.73 Å². The average Bonchev–Trinajstić information content (AvgIpc) is 2.92. The number of hydrogen-bond donors (Lipinski definition) is 1. The van der Waals surface area contributed by atoms with E-state index in [2.05, 4.69) is 55.5 Å². The minimum atomic E-state index is 0.0989. The smallest absolute Gasteiger partial charge is 0.0373 e. The maximum atomic E-state index is 6.53. The van der Waals surface area contributed by atoms with Crippen molar-refractivity contribution >= 4 is 11.8 Å². The molecule has 20 heavy (non-hydrogen) atoms. The van der Waals surface area contributed by atoms with Crippen LogP contribution in [0, 0.1) is 0 Å². The Bertz CT molecular complexity index is 576. The molecule has 0 amide bonds. The van der Waals surface area contributed by atoms with Gasteiger partial charge in [-0.05, 0) is 29.2 Å². The Morgan fingerprint density at radius 2 is 1.90 bits per heavy atom. The van der Waals surface area contributed by atoms with Crippen LogP contribution in [0.3, 0.4) is 0 Å². The van der Waals surface area contributed by atoms with Gasteiger partial charge in [0.15, 0.2) is 0 Å². The first-order valence-corrected chi connectivity index (χ1v) is 8.34. The molecule has 0 fully saturated rings. The van der Waals surface area contributed by atoms with Crippen LogP contribution in [0.2, 0.25) is 0 Å². The molecule has 0 bridgehead atoms. The van der Waals surface area contributed by atoms with Crippen molar-refractivity contribution in [2.45, 2.75) is 36.6 Å². The summed E-state index contributed by atoms with van der Waals surface area (Å²) in [6, 6.07) is 17.6. The standard InChI is InChI=1S/C18H21NS/c1-2-5-13-8-10-14(11-9-13)18(19)16-12-20-17-7-4-3-6-15(16)17/h3-4,6-11,16,18H,2,5,12,19H2,1H3. The summed E-state index contributed by atoms with van der Waals surface area (Å²) >= 11 is 1.93. The van der Waals surface area contributed by atoms with Crippen molar-refractivity contribution in [3.63, 3.8) is 0 Å². The number of hydrogen-bond acceptors (Lipinski definition) is 2. The van der Waals surface area contributed by atoms with E-state index in [0.717, 1.165) is 12.2 Å². The number of benzene rings is 2. The van der Waals surface area contributed by atoms with E-state index in [1.807, 2.05) is 11.8 Å². The Kier molecular flexibility index (Phi) is 4.13. The number of nitrogens with two attached hydrogens (primary N) is 1. The van der Waals surface area contributed by atoms with Gasteiger partial charge in [-0.25, -0.2) is 0 Å². The van der Waals surface area contributed by atoms with Gasteiger partial charge in [0.05, 0.1) is 0 Å². The van der Waals surface area contributed by atoms with Crippen molar-refractivity contribution in [1.82, 2.24) is 0 Å². The lowest BCUT2D eigenvalue weighted by Crippen LogP contribution is -2.19. The van der Waals surface area contributed by atoms with Crippen molar-refractivity contribution in [1.29, 1.82) is 0 Å². The molecule has 2 aromatic rings. The Labute approximate surface area is 125 Å². The number of rotatable bonds is 4. The van der Waals surface area contributed by atoms with Crippen LogP contribution in [0.25, 0.3) is 0 Å². The Morgan fingerprint density at radius 3 is 2.65 bits per heavy atom. The molecule has 0 aliphatic carbocycles. The number of thioether (sulfide) groups is 1. The predicted molar refractivity (Wildman–Crippen MR) is 87.3 cm³/mol. The zero-order chi connectivity index (χ0) is 13.9. The first-order valence-electron chi connectivity index (χ1n) is 7.35. The molecule has 0 saturated carbocycles. The third kappa shape index (κ3) is 2.63. The molecule has 1 heterocycles. The summed E-state index contributed by atoms with van der Waals surface area (Å²) in [6.07, 6.45) is 2.34. The molecule has 104 valence electrons. The lowest BCUT2D eigenvalue weighted by atomic mass is 9.89. The van der Waals surface area contributed by atoms with E-state index >= 15 is 0 Å². The lowest BCUT2D eigenvalue weighted by molar-refractivity contribution is 0.607. The minimum absolute atomic E-state index is 0.0989. The highest BCUT2D eigenvalue weighted by molar-refractivity contribution is 7.99. The molecule has 1 aliphatic rings. The van der Waals surface area contributed by atoms with E-state index < -0.39 is 0 Å². The summed E-state index contributed by atoms with van der Waals surface area (Å²) in [5.41, 5.74) is 10.6. The molecule has 0 spiro atoms. The molecule has 3 rings (SSSR count). The molecule has 1 nitrogen and oxygen atoms in total. The van der Waals surface area contributed by atoms with Gasteiger partial charge in [-0.3, -0.25) is 0 Å². The van der Waals surface area contributed by atoms with Crippen molar-refractivity contribution in [2.24, 2.45) is 5.73 Å². The van der Waals surface area contributed by atoms with Gasteiger partial charge in [0.2, 0.25) is 0 Å². The highest BCUT2D eigenvalue weighted by Crippen LogP contribution is 2.44. The van der Waals surface area contributed by atoms with Crippen LogP contribution < -0.4 is 5.73 Å². The summed E-state index contributed by atoms with van der Waals surface area (Å²) in [7, 11) is 0. The van der Waals surface area contributed by atoms with Crippen molar-refractivity contribution in [3.8, 4) is 0 Å². The molecule has 2 aromatic carbocycles. The second kappa shape index (κ2) is 6.02. The van der Waals surface area contributed by atoms with Crippen molar-refractivity contribution in [3.05, 3.63) is 65.2 Å². The third-order valence-electron chi connectivity index (χ3n) is 4.07. The largest absolute Gasteiger partial charge is 0.323 e. The lowest BCUT2D eigenvalue weighted by Gasteiger charge is -2.20. The normalized spacial score (nSPS) is 18.8. The van der Waals surface area contributed by atoms with E-state index in [-0.39, 0.29) is 6.04 Å². The van der Waals surface area contributed by atoms with E-state index in [1.54, 1.807) is 0 Å². The third-order valence-corrected chi connectivity index (χ3v) is 5.28. The van der Waals surface area contributed by atoms with Crippen LogP contribution in [0.1, 0.15) is 42.0 Å². The molecule has 2 atom stereocenters. The molecule has 2 heteroatoms. The van der Waals surface area contributed by atoms with Gasteiger partial charge in [0.1, 0.15) is 0 Å². The molecule has 2 N–H and O–H groups in total. The summed E-state index contributed by atoms with van der Waals surface area (Å²) in [6.45, 7) is 2.21. The SMILES string of the molecule is CCCc1ccc(C(N)C2CSc3ccccc32)cc1. The van der Waals surface area contributed by atoms with Gasteiger partial charge >= 0.3 is 0 Å². The van der Waals surface area contributed by atoms with Crippen LogP contribution in [-0.2, 0) is 6.42 Å². The maximum absolute atomic E-state index is 6.53. The van der Waals surface area contributed by atoms with E-state index in [1.165, 1.54) is 28.0 Å². The molecule has 0 saturated heterocycles. The van der Waals surface area contributed by atoms with Crippen LogP contribution in [-0.4, -0.2) is 5.75 Å². The second-order valence-corrected chi connectivity index (χ2v) is 6.53. The van der Waals surface area contributed by atoms with E-state index in [9.17, 15) is 0 Å². The zero-order valence-electron chi connectivity index (χ0n) is 11.9. The second-order valence-electron chi connectivity index (χ2n) is 5.47. The molecular formula is C18H21NS. The van der Waals surface area contributed by atoms with Gasteiger partial charge in [-0.2, -0.15) is 0 Å². The van der Waals surface area contributed by atoms with E-state index in [0.29, 0.717) is 5.92 Å². The fourth-order valence-corrected chi connectivity index (χ4v) is 4.22. The van der Waals surface area contributed by atoms with Crippen LogP contribution in [0.15, 0.2) is 53.4 Å². The first-order chi connectivity index (χ1) is 9.79.